The van der Waals surface area contributed by atoms with Crippen LogP contribution in [-0.4, -0.2) is 6.18 Å². The first kappa shape index (κ1) is 11.8. The molecule has 82 valence electrons. The third kappa shape index (κ3) is 3.11. The Hall–Kier alpha value is -1.25. The highest BCUT2D eigenvalue weighted by Gasteiger charge is 2.32. The zero-order valence-corrected chi connectivity index (χ0v) is 8.56. The maximum Gasteiger partial charge on any atom is 0.416 e. The first-order valence-corrected chi connectivity index (χ1v) is 4.80. The molecule has 0 bridgehead atoms. The third-order valence-electron chi connectivity index (χ3n) is 2.18. The molecule has 0 aliphatic rings. The largest absolute Gasteiger partial charge is 0.416 e. The summed E-state index contributed by atoms with van der Waals surface area (Å²) < 4.78 is 36.9. The fourth-order valence-electron chi connectivity index (χ4n) is 1.32. The number of alkyl halides is 3. The topological polar surface area (TPSA) is 0 Å². The molecule has 0 fully saturated rings. The van der Waals surface area contributed by atoms with Gasteiger partial charge in [-0.3, -0.25) is 0 Å². The smallest absolute Gasteiger partial charge is 0.166 e. The van der Waals surface area contributed by atoms with Crippen LogP contribution in [-0.2, 0) is 6.42 Å². The van der Waals surface area contributed by atoms with Crippen molar-refractivity contribution in [2.24, 2.45) is 0 Å². The van der Waals surface area contributed by atoms with Gasteiger partial charge in [0.15, 0.2) is 0 Å². The average molecular weight is 214 g/mol. The second-order valence-electron chi connectivity index (χ2n) is 3.42. The van der Waals surface area contributed by atoms with E-state index in [1.54, 1.807) is 12.1 Å². The van der Waals surface area contributed by atoms with E-state index in [1.165, 1.54) is 12.1 Å². The summed E-state index contributed by atoms with van der Waals surface area (Å²) in [5.41, 5.74) is 0.407. The number of hydrogen-bond acceptors (Lipinski definition) is 0. The Balaban J connectivity index is 2.85. The standard InChI is InChI=1S/C12H13F3/c1-3-4-10-5-7-11(8-6-10)9(2)12(13,14)15/h5-8H,2-4H2,1H3. The fraction of sp³-hybridized carbons (Fsp3) is 0.333. The molecule has 3 heteroatoms. The van der Waals surface area contributed by atoms with Crippen molar-refractivity contribution in [2.45, 2.75) is 25.9 Å². The molecule has 1 rings (SSSR count). The Labute approximate surface area is 87.4 Å². The second kappa shape index (κ2) is 4.51. The van der Waals surface area contributed by atoms with E-state index in [1.807, 2.05) is 6.92 Å². The van der Waals surface area contributed by atoms with Gasteiger partial charge < -0.3 is 0 Å². The summed E-state index contributed by atoms with van der Waals surface area (Å²) in [4.78, 5) is 0. The Morgan fingerprint density at radius 1 is 1.20 bits per heavy atom. The highest BCUT2D eigenvalue weighted by molar-refractivity contribution is 5.67. The Morgan fingerprint density at radius 2 is 1.73 bits per heavy atom. The van der Waals surface area contributed by atoms with Crippen molar-refractivity contribution in [3.8, 4) is 0 Å². The molecule has 0 nitrogen and oxygen atoms in total. The maximum atomic E-state index is 12.3. The minimum atomic E-state index is -4.34. The monoisotopic (exact) mass is 214 g/mol. The Morgan fingerprint density at radius 3 is 2.13 bits per heavy atom. The van der Waals surface area contributed by atoms with Crippen molar-refractivity contribution in [2.75, 3.05) is 0 Å². The summed E-state index contributed by atoms with van der Waals surface area (Å²) in [5.74, 6) is 0. The van der Waals surface area contributed by atoms with E-state index in [4.69, 9.17) is 0 Å². The van der Waals surface area contributed by atoms with Gasteiger partial charge in [0, 0.05) is 0 Å². The number of aryl methyl sites for hydroxylation is 1. The van der Waals surface area contributed by atoms with E-state index in [0.717, 1.165) is 18.4 Å². The van der Waals surface area contributed by atoms with E-state index in [-0.39, 0.29) is 5.56 Å². The minimum absolute atomic E-state index is 0.141. The summed E-state index contributed by atoms with van der Waals surface area (Å²) in [6.07, 6.45) is -2.47. The lowest BCUT2D eigenvalue weighted by molar-refractivity contribution is -0.0686. The molecule has 0 radical (unpaired) electrons. The molecule has 0 saturated carbocycles. The minimum Gasteiger partial charge on any atom is -0.166 e. The maximum absolute atomic E-state index is 12.3. The Bertz CT molecular complexity index is 333. The third-order valence-corrected chi connectivity index (χ3v) is 2.18. The quantitative estimate of drug-likeness (QED) is 0.706. The van der Waals surface area contributed by atoms with Crippen LogP contribution in [0.5, 0.6) is 0 Å². The molecule has 0 aromatic heterocycles. The van der Waals surface area contributed by atoms with E-state index in [2.05, 4.69) is 6.58 Å². The molecule has 0 unspecified atom stereocenters. The first-order chi connectivity index (χ1) is 6.95. The van der Waals surface area contributed by atoms with Crippen LogP contribution in [0.1, 0.15) is 24.5 Å². The van der Waals surface area contributed by atoms with Crippen molar-refractivity contribution < 1.29 is 13.2 Å². The van der Waals surface area contributed by atoms with Crippen molar-refractivity contribution in [3.63, 3.8) is 0 Å². The van der Waals surface area contributed by atoms with Crippen LogP contribution in [0.3, 0.4) is 0 Å². The van der Waals surface area contributed by atoms with Crippen molar-refractivity contribution in [1.29, 1.82) is 0 Å². The van der Waals surface area contributed by atoms with Gasteiger partial charge in [-0.1, -0.05) is 44.2 Å². The molecule has 0 atom stereocenters. The van der Waals surface area contributed by atoms with Gasteiger partial charge in [0.2, 0.25) is 0 Å². The van der Waals surface area contributed by atoms with Gasteiger partial charge in [-0.15, -0.1) is 0 Å². The van der Waals surface area contributed by atoms with Crippen molar-refractivity contribution in [3.05, 3.63) is 42.0 Å². The van der Waals surface area contributed by atoms with Crippen molar-refractivity contribution in [1.82, 2.24) is 0 Å². The van der Waals surface area contributed by atoms with Crippen LogP contribution in [0.2, 0.25) is 0 Å². The van der Waals surface area contributed by atoms with E-state index < -0.39 is 11.7 Å². The summed E-state index contributed by atoms with van der Waals surface area (Å²) in [6.45, 7) is 5.08. The van der Waals surface area contributed by atoms with Crippen LogP contribution in [0.15, 0.2) is 30.8 Å². The number of benzene rings is 1. The zero-order valence-electron chi connectivity index (χ0n) is 8.56. The molecule has 0 amide bonds. The van der Waals surface area contributed by atoms with Crippen LogP contribution >= 0.6 is 0 Å². The summed E-state index contributed by atoms with van der Waals surface area (Å²) >= 11 is 0. The summed E-state index contributed by atoms with van der Waals surface area (Å²) in [5, 5.41) is 0. The summed E-state index contributed by atoms with van der Waals surface area (Å²) in [7, 11) is 0. The molecule has 0 heterocycles. The van der Waals surface area contributed by atoms with Gasteiger partial charge >= 0.3 is 6.18 Å². The van der Waals surface area contributed by atoms with Gasteiger partial charge in [-0.2, -0.15) is 13.2 Å². The molecular formula is C12H13F3. The normalized spacial score (nSPS) is 11.5. The highest BCUT2D eigenvalue weighted by atomic mass is 19.4. The number of allylic oxidation sites excluding steroid dienone is 1. The Kier molecular flexibility index (Phi) is 3.56. The molecule has 0 spiro atoms. The van der Waals surface area contributed by atoms with E-state index in [9.17, 15) is 13.2 Å². The molecule has 1 aromatic carbocycles. The molecule has 0 aliphatic carbocycles. The number of rotatable bonds is 3. The van der Waals surface area contributed by atoms with Crippen LogP contribution < -0.4 is 0 Å². The lowest BCUT2D eigenvalue weighted by atomic mass is 10.0. The molecular weight excluding hydrogens is 201 g/mol. The number of halogens is 3. The average Bonchev–Trinajstić information content (AvgIpc) is 2.17. The van der Waals surface area contributed by atoms with Gasteiger partial charge in [0.1, 0.15) is 0 Å². The second-order valence-corrected chi connectivity index (χ2v) is 3.42. The zero-order chi connectivity index (χ0) is 11.5. The molecule has 0 saturated heterocycles. The van der Waals surface area contributed by atoms with Gasteiger partial charge in [0.05, 0.1) is 5.57 Å². The summed E-state index contributed by atoms with van der Waals surface area (Å²) in [6, 6.07) is 6.38. The lowest BCUT2D eigenvalue weighted by Crippen LogP contribution is -2.09. The molecule has 0 aliphatic heterocycles. The molecule has 15 heavy (non-hydrogen) atoms. The lowest BCUT2D eigenvalue weighted by Gasteiger charge is -2.10. The predicted molar refractivity (Wildman–Crippen MR) is 55.5 cm³/mol. The number of hydrogen-bond donors (Lipinski definition) is 0. The predicted octanol–water partition coefficient (Wildman–Crippen LogP) is 4.21. The van der Waals surface area contributed by atoms with Gasteiger partial charge in [0.25, 0.3) is 0 Å². The van der Waals surface area contributed by atoms with Crippen LogP contribution in [0, 0.1) is 0 Å². The first-order valence-electron chi connectivity index (χ1n) is 4.80. The SMILES string of the molecule is C=C(c1ccc(CCC)cc1)C(F)(F)F. The highest BCUT2D eigenvalue weighted by Crippen LogP contribution is 2.32. The van der Waals surface area contributed by atoms with E-state index in [0.29, 0.717) is 0 Å². The molecule has 0 N–H and O–H groups in total. The van der Waals surface area contributed by atoms with Crippen LogP contribution in [0.4, 0.5) is 13.2 Å². The molecule has 1 aromatic rings. The van der Waals surface area contributed by atoms with Gasteiger partial charge in [-0.05, 0) is 17.5 Å². The van der Waals surface area contributed by atoms with Crippen molar-refractivity contribution >= 4 is 5.57 Å². The van der Waals surface area contributed by atoms with Crippen LogP contribution in [0.25, 0.3) is 5.57 Å². The van der Waals surface area contributed by atoms with E-state index >= 15 is 0 Å². The fourth-order valence-corrected chi connectivity index (χ4v) is 1.32. The van der Waals surface area contributed by atoms with Gasteiger partial charge in [-0.25, -0.2) is 0 Å².